The second-order valence-electron chi connectivity index (χ2n) is 4.66. The highest BCUT2D eigenvalue weighted by molar-refractivity contribution is 7.18. The van der Waals surface area contributed by atoms with E-state index in [-0.39, 0.29) is 5.97 Å². The van der Waals surface area contributed by atoms with E-state index < -0.39 is 0 Å². The molecule has 19 heavy (non-hydrogen) atoms. The van der Waals surface area contributed by atoms with Gasteiger partial charge in [-0.05, 0) is 18.9 Å². The fourth-order valence-corrected chi connectivity index (χ4v) is 2.99. The van der Waals surface area contributed by atoms with Gasteiger partial charge in [-0.25, -0.2) is 4.79 Å². The van der Waals surface area contributed by atoms with Crippen molar-refractivity contribution >= 4 is 28.0 Å². The fourth-order valence-electron chi connectivity index (χ4n) is 2.02. The van der Waals surface area contributed by atoms with E-state index in [4.69, 9.17) is 10.5 Å². The Morgan fingerprint density at radius 1 is 1.42 bits per heavy atom. The van der Waals surface area contributed by atoms with Crippen molar-refractivity contribution in [2.24, 2.45) is 0 Å². The minimum absolute atomic E-state index is 0.365. The van der Waals surface area contributed by atoms with E-state index in [1.807, 2.05) is 6.07 Å². The molecule has 5 heteroatoms. The van der Waals surface area contributed by atoms with E-state index in [0.717, 1.165) is 24.3 Å². The Bertz CT molecular complexity index is 404. The number of unbranched alkanes of at least 4 members (excludes halogenated alkanes) is 1. The largest absolute Gasteiger partial charge is 0.465 e. The van der Waals surface area contributed by atoms with Gasteiger partial charge in [-0.15, -0.1) is 11.3 Å². The molecule has 4 nitrogen and oxygen atoms in total. The summed E-state index contributed by atoms with van der Waals surface area (Å²) in [6.45, 7) is 4.38. The predicted octanol–water partition coefficient (Wildman–Crippen LogP) is 3.89. The number of carbonyl (C=O) groups excluding carboxylic acids is 1. The third-order valence-corrected chi connectivity index (χ3v) is 4.08. The first kappa shape index (κ1) is 15.8. The molecule has 108 valence electrons. The molecule has 1 unspecified atom stereocenters. The summed E-state index contributed by atoms with van der Waals surface area (Å²) in [4.78, 5) is 12.0. The van der Waals surface area contributed by atoms with Gasteiger partial charge in [0.1, 0.15) is 4.88 Å². The molecule has 1 aromatic heterocycles. The highest BCUT2D eigenvalue weighted by atomic mass is 32.1. The maximum Gasteiger partial charge on any atom is 0.350 e. The van der Waals surface area contributed by atoms with Crippen LogP contribution in [0.25, 0.3) is 0 Å². The molecule has 1 atom stereocenters. The highest BCUT2D eigenvalue weighted by Gasteiger charge is 2.16. The van der Waals surface area contributed by atoms with Crippen molar-refractivity contribution in [1.29, 1.82) is 0 Å². The second kappa shape index (κ2) is 8.04. The Labute approximate surface area is 119 Å². The first-order valence-corrected chi connectivity index (χ1v) is 7.68. The Balaban J connectivity index is 2.70. The summed E-state index contributed by atoms with van der Waals surface area (Å²) >= 11 is 1.37. The van der Waals surface area contributed by atoms with Crippen molar-refractivity contribution < 1.29 is 9.53 Å². The number of ether oxygens (including phenoxy) is 1. The molecule has 1 rings (SSSR count). The second-order valence-corrected chi connectivity index (χ2v) is 5.71. The van der Waals surface area contributed by atoms with Crippen LogP contribution in [0.2, 0.25) is 0 Å². The molecule has 0 saturated carbocycles. The summed E-state index contributed by atoms with van der Waals surface area (Å²) in [6, 6.07) is 2.28. The molecule has 0 amide bonds. The van der Waals surface area contributed by atoms with Crippen molar-refractivity contribution in [3.05, 3.63) is 10.9 Å². The van der Waals surface area contributed by atoms with E-state index in [1.165, 1.54) is 31.3 Å². The van der Waals surface area contributed by atoms with E-state index in [9.17, 15) is 4.79 Å². The first-order chi connectivity index (χ1) is 9.12. The van der Waals surface area contributed by atoms with Gasteiger partial charge < -0.3 is 15.8 Å². The number of nitrogen functional groups attached to an aromatic ring is 1. The van der Waals surface area contributed by atoms with Gasteiger partial charge in [0.25, 0.3) is 0 Å². The molecule has 0 radical (unpaired) electrons. The van der Waals surface area contributed by atoms with E-state index >= 15 is 0 Å². The van der Waals surface area contributed by atoms with Crippen LogP contribution in [0, 0.1) is 0 Å². The smallest absolute Gasteiger partial charge is 0.350 e. The summed E-state index contributed by atoms with van der Waals surface area (Å²) in [5.41, 5.74) is 6.33. The summed E-state index contributed by atoms with van der Waals surface area (Å²) in [6.07, 6.45) is 5.83. The summed E-state index contributed by atoms with van der Waals surface area (Å²) in [5.74, 6) is -0.365. The average Bonchev–Trinajstić information content (AvgIpc) is 2.76. The van der Waals surface area contributed by atoms with Gasteiger partial charge >= 0.3 is 5.97 Å². The average molecular weight is 284 g/mol. The van der Waals surface area contributed by atoms with Crippen LogP contribution >= 0.6 is 11.3 Å². The van der Waals surface area contributed by atoms with Gasteiger partial charge in [0, 0.05) is 6.04 Å². The van der Waals surface area contributed by atoms with E-state index in [0.29, 0.717) is 16.6 Å². The monoisotopic (exact) mass is 284 g/mol. The van der Waals surface area contributed by atoms with Crippen molar-refractivity contribution in [1.82, 2.24) is 0 Å². The van der Waals surface area contributed by atoms with Gasteiger partial charge in [0.2, 0.25) is 0 Å². The molecular weight excluding hydrogens is 260 g/mol. The number of thiophene rings is 1. The normalized spacial score (nSPS) is 12.2. The molecule has 0 saturated heterocycles. The van der Waals surface area contributed by atoms with Gasteiger partial charge in [0.15, 0.2) is 0 Å². The zero-order valence-electron chi connectivity index (χ0n) is 12.0. The molecular formula is C14H24N2O2S. The zero-order valence-corrected chi connectivity index (χ0v) is 12.8. The molecule has 1 heterocycles. The molecule has 0 aliphatic rings. The number of hydrogen-bond donors (Lipinski definition) is 2. The molecule has 0 bridgehead atoms. The predicted molar refractivity (Wildman–Crippen MR) is 81.9 cm³/mol. The number of rotatable bonds is 8. The lowest BCUT2D eigenvalue weighted by molar-refractivity contribution is 0.0607. The standard InChI is InChI=1S/C14H24N2O2S/c1-4-6-8-10(7-5-2)16-12-9-11(15)13(19-12)14(17)18-3/h9-10,16H,4-8,15H2,1-3H3. The maximum atomic E-state index is 11.5. The highest BCUT2D eigenvalue weighted by Crippen LogP contribution is 2.31. The summed E-state index contributed by atoms with van der Waals surface area (Å²) in [7, 11) is 1.37. The number of carbonyl (C=O) groups is 1. The van der Waals surface area contributed by atoms with E-state index in [1.54, 1.807) is 0 Å². The van der Waals surface area contributed by atoms with Crippen LogP contribution in [-0.2, 0) is 4.74 Å². The Morgan fingerprint density at radius 3 is 2.74 bits per heavy atom. The van der Waals surface area contributed by atoms with Crippen LogP contribution in [-0.4, -0.2) is 19.1 Å². The summed E-state index contributed by atoms with van der Waals surface area (Å²) in [5, 5.41) is 4.44. The van der Waals surface area contributed by atoms with Crippen molar-refractivity contribution in [3.8, 4) is 0 Å². The van der Waals surface area contributed by atoms with Crippen LogP contribution in [0.3, 0.4) is 0 Å². The fraction of sp³-hybridized carbons (Fsp3) is 0.643. The van der Waals surface area contributed by atoms with Gasteiger partial charge in [-0.2, -0.15) is 0 Å². The van der Waals surface area contributed by atoms with Crippen molar-refractivity contribution in [2.45, 2.75) is 52.0 Å². The molecule has 0 aliphatic heterocycles. The number of methoxy groups -OCH3 is 1. The number of nitrogens with one attached hydrogen (secondary N) is 1. The number of hydrogen-bond acceptors (Lipinski definition) is 5. The van der Waals surface area contributed by atoms with Crippen molar-refractivity contribution in [2.75, 3.05) is 18.2 Å². The van der Waals surface area contributed by atoms with Crippen LogP contribution in [0.15, 0.2) is 6.07 Å². The third-order valence-electron chi connectivity index (χ3n) is 3.02. The minimum Gasteiger partial charge on any atom is -0.465 e. The maximum absolute atomic E-state index is 11.5. The number of esters is 1. The lowest BCUT2D eigenvalue weighted by Crippen LogP contribution is -2.18. The third kappa shape index (κ3) is 4.74. The molecule has 1 aromatic rings. The molecule has 0 spiro atoms. The molecule has 0 aliphatic carbocycles. The number of nitrogens with two attached hydrogens (primary N) is 1. The van der Waals surface area contributed by atoms with E-state index in [2.05, 4.69) is 19.2 Å². The van der Waals surface area contributed by atoms with Gasteiger partial charge in [0.05, 0.1) is 17.8 Å². The van der Waals surface area contributed by atoms with Crippen LogP contribution in [0.5, 0.6) is 0 Å². The van der Waals surface area contributed by atoms with Gasteiger partial charge in [-0.1, -0.05) is 33.1 Å². The minimum atomic E-state index is -0.365. The first-order valence-electron chi connectivity index (χ1n) is 6.86. The Morgan fingerprint density at radius 2 is 2.16 bits per heavy atom. The van der Waals surface area contributed by atoms with Crippen molar-refractivity contribution in [3.63, 3.8) is 0 Å². The van der Waals surface area contributed by atoms with Gasteiger partial charge in [-0.3, -0.25) is 0 Å². The Hall–Kier alpha value is -1.23. The topological polar surface area (TPSA) is 64.3 Å². The SMILES string of the molecule is CCCCC(CCC)Nc1cc(N)c(C(=O)OC)s1. The lowest BCUT2D eigenvalue weighted by atomic mass is 10.1. The Kier molecular flexibility index (Phi) is 6.70. The van der Waals surface area contributed by atoms with Crippen LogP contribution in [0.1, 0.15) is 55.6 Å². The zero-order chi connectivity index (χ0) is 14.3. The van der Waals surface area contributed by atoms with Crippen LogP contribution < -0.4 is 11.1 Å². The van der Waals surface area contributed by atoms with Crippen LogP contribution in [0.4, 0.5) is 10.7 Å². The number of anilines is 2. The molecule has 3 N–H and O–H groups in total. The lowest BCUT2D eigenvalue weighted by Gasteiger charge is -2.17. The molecule has 0 aromatic carbocycles. The quantitative estimate of drug-likeness (QED) is 0.711. The molecule has 0 fully saturated rings. The summed E-state index contributed by atoms with van der Waals surface area (Å²) < 4.78 is 4.71.